The molecule has 5 heteroatoms. The van der Waals surface area contributed by atoms with Gasteiger partial charge in [0.25, 0.3) is 5.91 Å². The third-order valence-electron chi connectivity index (χ3n) is 5.56. The summed E-state index contributed by atoms with van der Waals surface area (Å²) in [5.41, 5.74) is 5.22. The highest BCUT2D eigenvalue weighted by Crippen LogP contribution is 2.39. The molecule has 0 radical (unpaired) electrons. The zero-order valence-corrected chi connectivity index (χ0v) is 17.2. The highest BCUT2D eigenvalue weighted by atomic mass is 16.5. The summed E-state index contributed by atoms with van der Waals surface area (Å²) >= 11 is 0. The van der Waals surface area contributed by atoms with Gasteiger partial charge in [-0.15, -0.1) is 0 Å². The predicted molar refractivity (Wildman–Crippen MR) is 117 cm³/mol. The smallest absolute Gasteiger partial charge is 0.255 e. The van der Waals surface area contributed by atoms with Crippen molar-refractivity contribution < 1.29 is 9.53 Å². The largest absolute Gasteiger partial charge is 0.491 e. The highest BCUT2D eigenvalue weighted by Gasteiger charge is 2.32. The van der Waals surface area contributed by atoms with E-state index in [1.54, 1.807) is 0 Å². The lowest BCUT2D eigenvalue weighted by molar-refractivity contribution is 0.102. The van der Waals surface area contributed by atoms with Crippen LogP contribution in [0.2, 0.25) is 0 Å². The third kappa shape index (κ3) is 4.09. The lowest BCUT2D eigenvalue weighted by Gasteiger charge is -2.28. The van der Waals surface area contributed by atoms with E-state index in [-0.39, 0.29) is 5.91 Å². The molecule has 2 N–H and O–H groups in total. The van der Waals surface area contributed by atoms with E-state index in [9.17, 15) is 4.79 Å². The summed E-state index contributed by atoms with van der Waals surface area (Å²) in [7, 11) is 0. The first-order chi connectivity index (χ1) is 14.2. The second kappa shape index (κ2) is 8.60. The van der Waals surface area contributed by atoms with Crippen molar-refractivity contribution in [2.24, 2.45) is 0 Å². The molecule has 4 rings (SSSR count). The summed E-state index contributed by atoms with van der Waals surface area (Å²) in [5.74, 6) is 0.602. The minimum atomic E-state index is -0.127. The average Bonchev–Trinajstić information content (AvgIpc) is 3.30. The Kier molecular flexibility index (Phi) is 5.74. The van der Waals surface area contributed by atoms with E-state index in [4.69, 9.17) is 4.74 Å². The molecule has 2 aliphatic heterocycles. The molecule has 1 atom stereocenters. The fourth-order valence-electron chi connectivity index (χ4n) is 4.10. The van der Waals surface area contributed by atoms with Crippen LogP contribution in [-0.2, 0) is 0 Å². The van der Waals surface area contributed by atoms with Gasteiger partial charge >= 0.3 is 0 Å². The van der Waals surface area contributed by atoms with E-state index in [0.717, 1.165) is 43.7 Å². The summed E-state index contributed by atoms with van der Waals surface area (Å²) < 4.78 is 6.09. The fraction of sp³-hybridized carbons (Fsp3) is 0.375. The molecule has 0 spiro atoms. The van der Waals surface area contributed by atoms with Crippen LogP contribution in [0.5, 0.6) is 5.75 Å². The number of amides is 1. The van der Waals surface area contributed by atoms with Crippen LogP contribution < -0.4 is 20.3 Å². The Labute approximate surface area is 172 Å². The maximum absolute atomic E-state index is 12.6. The van der Waals surface area contributed by atoms with Gasteiger partial charge in [-0.2, -0.15) is 0 Å². The fourth-order valence-corrected chi connectivity index (χ4v) is 4.10. The Morgan fingerprint density at radius 2 is 2.07 bits per heavy atom. The number of carbonyl (C=O) groups excluding carboxylic acids is 1. The molecule has 0 fully saturated rings. The van der Waals surface area contributed by atoms with Crippen LogP contribution >= 0.6 is 0 Å². The number of benzene rings is 2. The molecule has 0 saturated carbocycles. The van der Waals surface area contributed by atoms with Crippen LogP contribution in [-0.4, -0.2) is 25.1 Å². The summed E-state index contributed by atoms with van der Waals surface area (Å²) in [6.45, 7) is 6.05. The number of nitrogens with zero attached hydrogens (tertiary/aromatic N) is 1. The second-order valence-corrected chi connectivity index (χ2v) is 7.73. The molecule has 2 aliphatic rings. The molecular formula is C24H29N3O2. The number of rotatable bonds is 7. The van der Waals surface area contributed by atoms with E-state index >= 15 is 0 Å². The molecule has 29 heavy (non-hydrogen) atoms. The Bertz CT molecular complexity index is 908. The molecule has 1 amide bonds. The first-order valence-corrected chi connectivity index (χ1v) is 10.6. The molecule has 0 bridgehead atoms. The van der Waals surface area contributed by atoms with Gasteiger partial charge in [-0.1, -0.05) is 31.5 Å². The zero-order chi connectivity index (χ0) is 20.2. The quantitative estimate of drug-likeness (QED) is 0.658. The van der Waals surface area contributed by atoms with Gasteiger partial charge in [0.1, 0.15) is 5.75 Å². The van der Waals surface area contributed by atoms with Gasteiger partial charge in [-0.3, -0.25) is 4.79 Å². The topological polar surface area (TPSA) is 53.6 Å². The normalized spacial score (nSPS) is 17.9. The Morgan fingerprint density at radius 3 is 2.86 bits per heavy atom. The molecule has 2 aromatic carbocycles. The second-order valence-electron chi connectivity index (χ2n) is 7.73. The molecule has 2 heterocycles. The predicted octanol–water partition coefficient (Wildman–Crippen LogP) is 4.92. The van der Waals surface area contributed by atoms with Crippen LogP contribution in [0, 0.1) is 0 Å². The van der Waals surface area contributed by atoms with Crippen LogP contribution in [0.15, 0.2) is 59.9 Å². The van der Waals surface area contributed by atoms with Crippen molar-refractivity contribution >= 4 is 17.3 Å². The first kappa shape index (κ1) is 19.4. The Balaban J connectivity index is 1.60. The van der Waals surface area contributed by atoms with Crippen molar-refractivity contribution in [2.75, 3.05) is 23.4 Å². The van der Waals surface area contributed by atoms with Crippen molar-refractivity contribution in [3.8, 4) is 5.75 Å². The van der Waals surface area contributed by atoms with E-state index in [0.29, 0.717) is 23.9 Å². The Hall–Kier alpha value is -2.95. The third-order valence-corrected chi connectivity index (χ3v) is 5.56. The molecule has 2 aromatic rings. The van der Waals surface area contributed by atoms with E-state index in [1.807, 2.05) is 36.4 Å². The lowest BCUT2D eigenvalue weighted by Crippen LogP contribution is -2.28. The van der Waals surface area contributed by atoms with E-state index in [1.165, 1.54) is 11.4 Å². The highest BCUT2D eigenvalue weighted by molar-refractivity contribution is 6.05. The summed E-state index contributed by atoms with van der Waals surface area (Å²) in [6.07, 6.45) is 4.15. The van der Waals surface area contributed by atoms with Gasteiger partial charge in [-0.05, 0) is 37.6 Å². The van der Waals surface area contributed by atoms with Crippen LogP contribution in [0.1, 0.15) is 49.9 Å². The van der Waals surface area contributed by atoms with Crippen molar-refractivity contribution in [3.05, 3.63) is 65.5 Å². The van der Waals surface area contributed by atoms with Crippen molar-refractivity contribution in [1.82, 2.24) is 5.32 Å². The maximum Gasteiger partial charge on any atom is 0.255 e. The number of unbranched alkanes of at least 4 members (excludes halogenated alkanes) is 1. The van der Waals surface area contributed by atoms with Crippen LogP contribution in [0.4, 0.5) is 11.4 Å². The Morgan fingerprint density at radius 1 is 1.24 bits per heavy atom. The molecule has 0 aliphatic carbocycles. The summed E-state index contributed by atoms with van der Waals surface area (Å²) in [6, 6.07) is 15.8. The number of carbonyl (C=O) groups is 1. The number of ether oxygens (including phenoxy) is 1. The van der Waals surface area contributed by atoms with Crippen molar-refractivity contribution in [3.63, 3.8) is 0 Å². The van der Waals surface area contributed by atoms with Crippen LogP contribution in [0.3, 0.4) is 0 Å². The summed E-state index contributed by atoms with van der Waals surface area (Å²) in [4.78, 5) is 15.1. The van der Waals surface area contributed by atoms with Crippen LogP contribution in [0.25, 0.3) is 0 Å². The zero-order valence-electron chi connectivity index (χ0n) is 17.2. The summed E-state index contributed by atoms with van der Waals surface area (Å²) in [5, 5.41) is 6.53. The molecule has 1 unspecified atom stereocenters. The minimum absolute atomic E-state index is 0.127. The SMILES string of the molecule is CCCCOc1cc(N2C3=C(CC2C)NCC3)ccc1NC(=O)c1ccccc1. The van der Waals surface area contributed by atoms with E-state index < -0.39 is 0 Å². The van der Waals surface area contributed by atoms with Crippen molar-refractivity contribution in [1.29, 1.82) is 0 Å². The number of anilines is 2. The standard InChI is InChI=1S/C24H29N3O2/c1-3-4-14-29-23-16-19(27-17(2)15-21-22(27)12-13-25-21)10-11-20(23)26-24(28)18-8-6-5-7-9-18/h5-11,16-17,25H,3-4,12-15H2,1-2H3,(H,26,28). The molecule has 5 nitrogen and oxygen atoms in total. The van der Waals surface area contributed by atoms with Gasteiger partial charge in [-0.25, -0.2) is 0 Å². The number of nitrogens with one attached hydrogen (secondary N) is 2. The monoisotopic (exact) mass is 391 g/mol. The lowest BCUT2D eigenvalue weighted by atomic mass is 10.1. The van der Waals surface area contributed by atoms with Gasteiger partial charge in [0.2, 0.25) is 0 Å². The average molecular weight is 392 g/mol. The minimum Gasteiger partial charge on any atom is -0.491 e. The van der Waals surface area contributed by atoms with E-state index in [2.05, 4.69) is 41.5 Å². The van der Waals surface area contributed by atoms with Gasteiger partial charge in [0.15, 0.2) is 0 Å². The van der Waals surface area contributed by atoms with Gasteiger partial charge in [0.05, 0.1) is 12.3 Å². The first-order valence-electron chi connectivity index (χ1n) is 10.6. The maximum atomic E-state index is 12.6. The van der Waals surface area contributed by atoms with Crippen molar-refractivity contribution in [2.45, 2.75) is 45.6 Å². The molecular weight excluding hydrogens is 362 g/mol. The number of hydrogen-bond donors (Lipinski definition) is 2. The molecule has 152 valence electrons. The molecule has 0 aromatic heterocycles. The number of hydrogen-bond acceptors (Lipinski definition) is 4. The molecule has 0 saturated heterocycles. The van der Waals surface area contributed by atoms with Gasteiger partial charge < -0.3 is 20.3 Å². The van der Waals surface area contributed by atoms with Gasteiger partial charge in [0, 0.05) is 54.1 Å².